The van der Waals surface area contributed by atoms with Crippen molar-refractivity contribution in [1.82, 2.24) is 30.4 Å². The molecule has 10 nitrogen and oxygen atoms in total. The molecule has 0 unspecified atom stereocenters. The SMILES string of the molecule is COc1ccc(Cl)cc1-c1nnc(N)nc1-c1ccccc1.COc1ccc(Cl)cc1-c1nnc(N)nc1-c1ccccc1. The molecule has 0 saturated carbocycles. The molecule has 4 aromatic carbocycles. The molecule has 0 bridgehead atoms. The topological polar surface area (TPSA) is 148 Å². The minimum Gasteiger partial charge on any atom is -0.496 e. The summed E-state index contributed by atoms with van der Waals surface area (Å²) < 4.78 is 10.8. The van der Waals surface area contributed by atoms with Gasteiger partial charge in [0.2, 0.25) is 11.9 Å². The molecule has 0 aliphatic carbocycles. The summed E-state index contributed by atoms with van der Waals surface area (Å²) in [7, 11) is 3.18. The molecule has 0 radical (unpaired) electrons. The number of rotatable bonds is 6. The van der Waals surface area contributed by atoms with Gasteiger partial charge in [-0.1, -0.05) is 83.9 Å². The molecule has 2 heterocycles. The normalized spacial score (nSPS) is 10.5. The fourth-order valence-corrected chi connectivity index (χ4v) is 4.71. The zero-order chi connectivity index (χ0) is 31.1. The van der Waals surface area contributed by atoms with Crippen LogP contribution in [0.15, 0.2) is 97.1 Å². The number of nitrogens with two attached hydrogens (primary N) is 2. The first-order valence-electron chi connectivity index (χ1n) is 13.2. The van der Waals surface area contributed by atoms with Gasteiger partial charge in [0.1, 0.15) is 34.3 Å². The van der Waals surface area contributed by atoms with Crippen molar-refractivity contribution in [1.29, 1.82) is 0 Å². The lowest BCUT2D eigenvalue weighted by atomic mass is 10.0. The Labute approximate surface area is 263 Å². The van der Waals surface area contributed by atoms with E-state index in [4.69, 9.17) is 44.1 Å². The molecular weight excluding hydrogens is 599 g/mol. The van der Waals surface area contributed by atoms with Crippen LogP contribution in [0.1, 0.15) is 0 Å². The highest BCUT2D eigenvalue weighted by molar-refractivity contribution is 6.31. The molecule has 44 heavy (non-hydrogen) atoms. The second kappa shape index (κ2) is 13.8. The van der Waals surface area contributed by atoms with E-state index < -0.39 is 0 Å². The Morgan fingerprint density at radius 3 is 1.25 bits per heavy atom. The Morgan fingerprint density at radius 2 is 0.886 bits per heavy atom. The van der Waals surface area contributed by atoms with Crippen LogP contribution < -0.4 is 20.9 Å². The van der Waals surface area contributed by atoms with Gasteiger partial charge in [-0.3, -0.25) is 0 Å². The van der Waals surface area contributed by atoms with E-state index in [1.165, 1.54) is 0 Å². The Bertz CT molecular complexity index is 1760. The van der Waals surface area contributed by atoms with E-state index in [0.717, 1.165) is 11.1 Å². The monoisotopic (exact) mass is 624 g/mol. The van der Waals surface area contributed by atoms with Crippen LogP contribution in [0.3, 0.4) is 0 Å². The Balaban J connectivity index is 0.000000175. The van der Waals surface area contributed by atoms with Crippen molar-refractivity contribution in [3.05, 3.63) is 107 Å². The quantitative estimate of drug-likeness (QED) is 0.200. The molecule has 0 aliphatic rings. The second-order valence-electron chi connectivity index (χ2n) is 9.16. The number of nitrogens with zero attached hydrogens (tertiary/aromatic N) is 6. The summed E-state index contributed by atoms with van der Waals surface area (Å²) in [5.74, 6) is 1.51. The molecule has 0 aliphatic heterocycles. The zero-order valence-electron chi connectivity index (χ0n) is 23.6. The molecule has 0 amide bonds. The number of methoxy groups -OCH3 is 2. The van der Waals surface area contributed by atoms with Crippen molar-refractivity contribution in [2.24, 2.45) is 0 Å². The van der Waals surface area contributed by atoms with E-state index in [0.29, 0.717) is 55.4 Å². The number of anilines is 2. The van der Waals surface area contributed by atoms with Gasteiger partial charge in [0.15, 0.2) is 0 Å². The Morgan fingerprint density at radius 1 is 0.500 bits per heavy atom. The molecule has 4 N–H and O–H groups in total. The van der Waals surface area contributed by atoms with Crippen molar-refractivity contribution in [2.75, 3.05) is 25.7 Å². The summed E-state index contributed by atoms with van der Waals surface area (Å²) in [6.07, 6.45) is 0. The highest BCUT2D eigenvalue weighted by Crippen LogP contribution is 2.37. The number of ether oxygens (including phenoxy) is 2. The van der Waals surface area contributed by atoms with Gasteiger partial charge in [0.05, 0.1) is 14.2 Å². The lowest BCUT2D eigenvalue weighted by Crippen LogP contribution is -2.03. The molecular formula is C32H26Cl2N8O2. The predicted molar refractivity (Wildman–Crippen MR) is 173 cm³/mol. The third kappa shape index (κ3) is 6.83. The molecule has 0 saturated heterocycles. The third-order valence-corrected chi connectivity index (χ3v) is 6.80. The van der Waals surface area contributed by atoms with Crippen LogP contribution in [0.4, 0.5) is 11.9 Å². The van der Waals surface area contributed by atoms with Gasteiger partial charge in [-0.25, -0.2) is 9.97 Å². The fraction of sp³-hybridized carbons (Fsp3) is 0.0625. The van der Waals surface area contributed by atoms with E-state index in [9.17, 15) is 0 Å². The summed E-state index contributed by atoms with van der Waals surface area (Å²) in [6.45, 7) is 0. The summed E-state index contributed by atoms with van der Waals surface area (Å²) in [5.41, 5.74) is 17.0. The molecule has 6 rings (SSSR count). The zero-order valence-corrected chi connectivity index (χ0v) is 25.2. The van der Waals surface area contributed by atoms with Gasteiger partial charge < -0.3 is 20.9 Å². The average molecular weight is 626 g/mol. The number of benzene rings is 4. The van der Waals surface area contributed by atoms with Crippen molar-refractivity contribution < 1.29 is 9.47 Å². The van der Waals surface area contributed by atoms with Crippen molar-refractivity contribution in [3.63, 3.8) is 0 Å². The van der Waals surface area contributed by atoms with Crippen LogP contribution in [0.5, 0.6) is 11.5 Å². The fourth-order valence-electron chi connectivity index (χ4n) is 4.36. The predicted octanol–water partition coefficient (Wildman–Crippen LogP) is 6.90. The van der Waals surface area contributed by atoms with Crippen LogP contribution in [0.2, 0.25) is 10.0 Å². The first-order chi connectivity index (χ1) is 21.4. The molecule has 6 aromatic rings. The number of aromatic nitrogens is 6. The van der Waals surface area contributed by atoms with Crippen LogP contribution in [-0.4, -0.2) is 44.6 Å². The maximum atomic E-state index is 6.10. The maximum Gasteiger partial charge on any atom is 0.240 e. The third-order valence-electron chi connectivity index (χ3n) is 6.33. The van der Waals surface area contributed by atoms with Crippen LogP contribution in [0.25, 0.3) is 45.0 Å². The van der Waals surface area contributed by atoms with Gasteiger partial charge in [-0.2, -0.15) is 0 Å². The summed E-state index contributed by atoms with van der Waals surface area (Å²) in [6, 6.07) is 29.9. The maximum absolute atomic E-state index is 6.10. The number of nitrogen functional groups attached to an aromatic ring is 2. The van der Waals surface area contributed by atoms with Crippen LogP contribution in [-0.2, 0) is 0 Å². The van der Waals surface area contributed by atoms with E-state index >= 15 is 0 Å². The standard InChI is InChI=1S/2C16H13ClN4O/c2*1-22-13-8-7-11(17)9-12(13)15-14(19-16(18)21-20-15)10-5-3-2-4-6-10/h2*2-9H,1H3,(H2,18,19,21). The van der Waals surface area contributed by atoms with Crippen molar-refractivity contribution >= 4 is 35.1 Å². The van der Waals surface area contributed by atoms with Gasteiger partial charge in [-0.15, -0.1) is 20.4 Å². The molecule has 0 spiro atoms. The van der Waals surface area contributed by atoms with E-state index in [1.54, 1.807) is 50.6 Å². The second-order valence-corrected chi connectivity index (χ2v) is 10.0. The van der Waals surface area contributed by atoms with Gasteiger partial charge in [0, 0.05) is 32.3 Å². The highest BCUT2D eigenvalue weighted by Gasteiger charge is 2.18. The van der Waals surface area contributed by atoms with E-state index in [-0.39, 0.29) is 11.9 Å². The molecule has 2 aromatic heterocycles. The minimum absolute atomic E-state index is 0.114. The number of hydrogen-bond acceptors (Lipinski definition) is 10. The van der Waals surface area contributed by atoms with Gasteiger partial charge >= 0.3 is 0 Å². The molecule has 220 valence electrons. The number of hydrogen-bond donors (Lipinski definition) is 2. The first kappa shape index (κ1) is 30.1. The lowest BCUT2D eigenvalue weighted by molar-refractivity contribution is 0.416. The first-order valence-corrected chi connectivity index (χ1v) is 13.9. The summed E-state index contributed by atoms with van der Waals surface area (Å²) in [5, 5.41) is 17.3. The smallest absolute Gasteiger partial charge is 0.240 e. The largest absolute Gasteiger partial charge is 0.496 e. The minimum atomic E-state index is 0.114. The lowest BCUT2D eigenvalue weighted by Gasteiger charge is -2.11. The van der Waals surface area contributed by atoms with E-state index in [1.807, 2.05) is 60.7 Å². The molecule has 0 fully saturated rings. The summed E-state index contributed by atoms with van der Waals surface area (Å²) in [4.78, 5) is 8.66. The van der Waals surface area contributed by atoms with Gasteiger partial charge in [0.25, 0.3) is 0 Å². The Hall–Kier alpha value is -5.32. The average Bonchev–Trinajstić information content (AvgIpc) is 3.06. The summed E-state index contributed by atoms with van der Waals surface area (Å²) >= 11 is 12.2. The number of halogens is 2. The van der Waals surface area contributed by atoms with Crippen LogP contribution in [0, 0.1) is 0 Å². The van der Waals surface area contributed by atoms with Gasteiger partial charge in [-0.05, 0) is 36.4 Å². The molecule has 0 atom stereocenters. The molecule has 12 heteroatoms. The Kier molecular flexibility index (Phi) is 9.43. The van der Waals surface area contributed by atoms with Crippen LogP contribution >= 0.6 is 23.2 Å². The highest BCUT2D eigenvalue weighted by atomic mass is 35.5. The van der Waals surface area contributed by atoms with Crippen molar-refractivity contribution in [2.45, 2.75) is 0 Å². The van der Waals surface area contributed by atoms with E-state index in [2.05, 4.69) is 30.4 Å². The van der Waals surface area contributed by atoms with Crippen molar-refractivity contribution in [3.8, 4) is 56.5 Å².